The zero-order valence-electron chi connectivity index (χ0n) is 5.81. The molecule has 0 bridgehead atoms. The van der Waals surface area contributed by atoms with E-state index in [2.05, 4.69) is 5.10 Å². The zero-order valence-corrected chi connectivity index (χ0v) is 5.81. The summed E-state index contributed by atoms with van der Waals surface area (Å²) in [6, 6.07) is 0.129. The number of rotatable bonds is 1. The molecule has 1 aliphatic heterocycles. The lowest BCUT2D eigenvalue weighted by molar-refractivity contribution is -0.164. The second-order valence-corrected chi connectivity index (χ2v) is 2.66. The van der Waals surface area contributed by atoms with Crippen molar-refractivity contribution in [1.29, 1.82) is 0 Å². The highest BCUT2D eigenvalue weighted by Gasteiger charge is 2.27. The first-order valence-electron chi connectivity index (χ1n) is 3.39. The number of nitrogens with zero attached hydrogens (tertiary/aromatic N) is 3. The lowest BCUT2D eigenvalue weighted by Gasteiger charge is -2.33. The van der Waals surface area contributed by atoms with Crippen molar-refractivity contribution >= 4 is 0 Å². The highest BCUT2D eigenvalue weighted by molar-refractivity contribution is 4.89. The van der Waals surface area contributed by atoms with Gasteiger partial charge in [-0.2, -0.15) is 10.2 Å². The van der Waals surface area contributed by atoms with Crippen LogP contribution in [0.5, 0.6) is 0 Å². The van der Waals surface area contributed by atoms with E-state index in [1.807, 2.05) is 0 Å². The molecule has 0 amide bonds. The van der Waals surface area contributed by atoms with Crippen molar-refractivity contribution in [3.05, 3.63) is 18.2 Å². The van der Waals surface area contributed by atoms with Gasteiger partial charge in [-0.15, -0.1) is 0 Å². The molecule has 1 N–H and O–H groups in total. The van der Waals surface area contributed by atoms with E-state index >= 15 is 0 Å². The molecule has 1 aliphatic rings. The first kappa shape index (κ1) is 6.75. The van der Waals surface area contributed by atoms with Crippen molar-refractivity contribution in [2.75, 3.05) is 13.1 Å². The molecule has 4 nitrogen and oxygen atoms in total. The summed E-state index contributed by atoms with van der Waals surface area (Å²) >= 11 is 0. The van der Waals surface area contributed by atoms with Crippen LogP contribution in [0, 0.1) is 5.82 Å². The summed E-state index contributed by atoms with van der Waals surface area (Å²) in [6.07, 6.45) is 2.50. The van der Waals surface area contributed by atoms with E-state index < -0.39 is 0 Å². The van der Waals surface area contributed by atoms with Gasteiger partial charge >= 0.3 is 0 Å². The Hall–Kier alpha value is -0.940. The van der Waals surface area contributed by atoms with Crippen molar-refractivity contribution in [1.82, 2.24) is 14.8 Å². The van der Waals surface area contributed by atoms with E-state index in [0.717, 1.165) is 0 Å². The Balaban J connectivity index is 2.07. The average Bonchev–Trinajstić information content (AvgIpc) is 2.29. The molecule has 1 saturated heterocycles. The van der Waals surface area contributed by atoms with Crippen LogP contribution in [0.25, 0.3) is 0 Å². The van der Waals surface area contributed by atoms with Gasteiger partial charge in [-0.25, -0.2) is 4.39 Å². The van der Waals surface area contributed by atoms with E-state index in [-0.39, 0.29) is 11.9 Å². The third kappa shape index (κ3) is 1.12. The normalized spacial score (nSPS) is 20.2. The number of hydroxylamine groups is 2. The van der Waals surface area contributed by atoms with Gasteiger partial charge in [-0.1, -0.05) is 0 Å². The molecule has 0 spiro atoms. The monoisotopic (exact) mass is 157 g/mol. The van der Waals surface area contributed by atoms with Gasteiger partial charge < -0.3 is 5.21 Å². The van der Waals surface area contributed by atoms with E-state index in [1.54, 1.807) is 0 Å². The Morgan fingerprint density at radius 1 is 1.64 bits per heavy atom. The highest BCUT2D eigenvalue weighted by atomic mass is 19.1. The third-order valence-electron chi connectivity index (χ3n) is 1.79. The first-order valence-corrected chi connectivity index (χ1v) is 3.39. The number of aromatic nitrogens is 2. The summed E-state index contributed by atoms with van der Waals surface area (Å²) < 4.78 is 13.9. The molecule has 1 aromatic rings. The van der Waals surface area contributed by atoms with Crippen LogP contribution in [0.4, 0.5) is 4.39 Å². The van der Waals surface area contributed by atoms with Crippen molar-refractivity contribution in [3.8, 4) is 0 Å². The maximum atomic E-state index is 12.4. The number of halogens is 1. The van der Waals surface area contributed by atoms with Gasteiger partial charge in [0.25, 0.3) is 0 Å². The van der Waals surface area contributed by atoms with Crippen LogP contribution < -0.4 is 0 Å². The first-order chi connectivity index (χ1) is 5.25. The van der Waals surface area contributed by atoms with Crippen LogP contribution in [0.15, 0.2) is 12.4 Å². The fraction of sp³-hybridized carbons (Fsp3) is 0.500. The second kappa shape index (κ2) is 2.28. The second-order valence-electron chi connectivity index (χ2n) is 2.66. The van der Waals surface area contributed by atoms with E-state index in [1.165, 1.54) is 22.1 Å². The maximum Gasteiger partial charge on any atom is 0.161 e. The van der Waals surface area contributed by atoms with Crippen molar-refractivity contribution in [3.63, 3.8) is 0 Å². The van der Waals surface area contributed by atoms with Crippen LogP contribution in [-0.4, -0.2) is 33.1 Å². The molecule has 0 atom stereocenters. The van der Waals surface area contributed by atoms with Crippen LogP contribution in [0.1, 0.15) is 6.04 Å². The van der Waals surface area contributed by atoms with Crippen LogP contribution >= 0.6 is 0 Å². The maximum absolute atomic E-state index is 12.4. The summed E-state index contributed by atoms with van der Waals surface area (Å²) in [5.74, 6) is -0.332. The molecule has 2 heterocycles. The number of hydrogen-bond donors (Lipinski definition) is 1. The largest absolute Gasteiger partial charge is 0.314 e. The summed E-state index contributed by atoms with van der Waals surface area (Å²) in [5.41, 5.74) is 0. The molecular weight excluding hydrogens is 149 g/mol. The molecule has 2 rings (SSSR count). The van der Waals surface area contributed by atoms with Gasteiger partial charge in [0.2, 0.25) is 0 Å². The van der Waals surface area contributed by atoms with Crippen molar-refractivity contribution in [2.45, 2.75) is 6.04 Å². The Labute approximate surface area is 62.8 Å². The molecule has 0 radical (unpaired) electrons. The standard InChI is InChI=1S/C6H8FN3O/c7-5-1-8-10(2-5)6-3-9(11)4-6/h1-2,6,11H,3-4H2. The SMILES string of the molecule is ON1CC(n2cc(F)cn2)C1. The summed E-state index contributed by atoms with van der Waals surface area (Å²) in [6.45, 7) is 1.06. The summed E-state index contributed by atoms with van der Waals surface area (Å²) in [7, 11) is 0. The molecule has 0 aliphatic carbocycles. The van der Waals surface area contributed by atoms with Crippen LogP contribution in [0.3, 0.4) is 0 Å². The molecule has 0 unspecified atom stereocenters. The van der Waals surface area contributed by atoms with Gasteiger partial charge in [-0.05, 0) is 0 Å². The molecule has 0 aromatic carbocycles. The van der Waals surface area contributed by atoms with E-state index in [4.69, 9.17) is 5.21 Å². The van der Waals surface area contributed by atoms with Crippen LogP contribution in [-0.2, 0) is 0 Å². The molecule has 11 heavy (non-hydrogen) atoms. The number of hydrogen-bond acceptors (Lipinski definition) is 3. The van der Waals surface area contributed by atoms with Gasteiger partial charge in [0, 0.05) is 13.1 Å². The predicted octanol–water partition coefficient (Wildman–Crippen LogP) is 0.268. The Morgan fingerprint density at radius 3 is 2.82 bits per heavy atom. The lowest BCUT2D eigenvalue weighted by atomic mass is 10.2. The average molecular weight is 157 g/mol. The lowest BCUT2D eigenvalue weighted by Crippen LogP contribution is -2.45. The Morgan fingerprint density at radius 2 is 2.36 bits per heavy atom. The van der Waals surface area contributed by atoms with Crippen molar-refractivity contribution < 1.29 is 9.60 Å². The molecular formula is C6H8FN3O. The Kier molecular flexibility index (Phi) is 1.40. The van der Waals surface area contributed by atoms with E-state index in [0.29, 0.717) is 13.1 Å². The topological polar surface area (TPSA) is 41.3 Å². The zero-order chi connectivity index (χ0) is 7.84. The van der Waals surface area contributed by atoms with E-state index in [9.17, 15) is 4.39 Å². The molecule has 0 saturated carbocycles. The van der Waals surface area contributed by atoms with Crippen molar-refractivity contribution in [2.24, 2.45) is 0 Å². The Bertz CT molecular complexity index is 256. The quantitative estimate of drug-likeness (QED) is 0.636. The molecule has 1 aromatic heterocycles. The van der Waals surface area contributed by atoms with Gasteiger partial charge in [0.1, 0.15) is 0 Å². The fourth-order valence-corrected chi connectivity index (χ4v) is 1.11. The summed E-state index contributed by atoms with van der Waals surface area (Å²) in [4.78, 5) is 0. The predicted molar refractivity (Wildman–Crippen MR) is 34.6 cm³/mol. The molecule has 60 valence electrons. The summed E-state index contributed by atoms with van der Waals surface area (Å²) in [5, 5.41) is 13.7. The molecule has 1 fully saturated rings. The van der Waals surface area contributed by atoms with Gasteiger partial charge in [0.15, 0.2) is 5.82 Å². The highest BCUT2D eigenvalue weighted by Crippen LogP contribution is 2.17. The van der Waals surface area contributed by atoms with Gasteiger partial charge in [-0.3, -0.25) is 4.68 Å². The molecule has 5 heteroatoms. The minimum absolute atomic E-state index is 0.129. The fourth-order valence-electron chi connectivity index (χ4n) is 1.11. The minimum Gasteiger partial charge on any atom is -0.314 e. The third-order valence-corrected chi connectivity index (χ3v) is 1.79. The minimum atomic E-state index is -0.332. The van der Waals surface area contributed by atoms with Crippen LogP contribution in [0.2, 0.25) is 0 Å². The smallest absolute Gasteiger partial charge is 0.161 e. The van der Waals surface area contributed by atoms with Gasteiger partial charge in [0.05, 0.1) is 18.4 Å².